The van der Waals surface area contributed by atoms with Gasteiger partial charge in [0.2, 0.25) is 5.91 Å². The van der Waals surface area contributed by atoms with Crippen LogP contribution < -0.4 is 5.32 Å². The van der Waals surface area contributed by atoms with Crippen LogP contribution in [0.2, 0.25) is 0 Å². The van der Waals surface area contributed by atoms with Crippen LogP contribution in [0, 0.1) is 0 Å². The van der Waals surface area contributed by atoms with Crippen LogP contribution in [0.25, 0.3) is 0 Å². The van der Waals surface area contributed by atoms with E-state index in [0.29, 0.717) is 6.42 Å². The Morgan fingerprint density at radius 3 is 1.57 bits per heavy atom. The van der Waals surface area contributed by atoms with Crippen molar-refractivity contribution in [3.8, 4) is 0 Å². The van der Waals surface area contributed by atoms with Gasteiger partial charge in [-0.2, -0.15) is 0 Å². The highest BCUT2D eigenvalue weighted by Crippen LogP contribution is 2.42. The minimum absolute atomic E-state index is 0.0810. The molecule has 1 amide bonds. The van der Waals surface area contributed by atoms with Crippen molar-refractivity contribution < 1.29 is 37.9 Å². The van der Waals surface area contributed by atoms with Crippen molar-refractivity contribution in [2.75, 3.05) is 26.4 Å². The van der Waals surface area contributed by atoms with Crippen molar-refractivity contribution in [3.63, 3.8) is 0 Å². The smallest absolute Gasteiger partial charge is 0.463 e. The number of hydrogen-bond acceptors (Lipinski definition) is 7. The zero-order valence-electron chi connectivity index (χ0n) is 34.7. The maximum absolute atomic E-state index is 12.1. The zero-order valence-corrected chi connectivity index (χ0v) is 35.6. The second kappa shape index (κ2) is 40.9. The Labute approximate surface area is 331 Å². The highest BCUT2D eigenvalue weighted by atomic mass is 31.2. The Kier molecular flexibility index (Phi) is 39.5. The van der Waals surface area contributed by atoms with Crippen LogP contribution in [0.1, 0.15) is 200 Å². The summed E-state index contributed by atoms with van der Waals surface area (Å²) in [6.45, 7) is 3.46. The fraction of sp³-hybridized carbons (Fsp3) is 0.818. The molecule has 0 aromatic heterocycles. The van der Waals surface area contributed by atoms with Crippen molar-refractivity contribution >= 4 is 19.7 Å². The number of hydrogen-bond donors (Lipinski definition) is 3. The summed E-state index contributed by atoms with van der Waals surface area (Å²) in [6.07, 6.45) is 45.2. The van der Waals surface area contributed by atoms with Gasteiger partial charge >= 0.3 is 13.8 Å². The Morgan fingerprint density at radius 2 is 1.04 bits per heavy atom. The molecule has 0 saturated carbocycles. The Bertz CT molecular complexity index is 986. The number of allylic oxidation sites excluding steroid dienone is 6. The second-order valence-electron chi connectivity index (χ2n) is 14.7. The number of aliphatic hydroxyl groups is 1. The van der Waals surface area contributed by atoms with Gasteiger partial charge in [-0.3, -0.25) is 18.6 Å². The van der Waals surface area contributed by atoms with E-state index in [-0.39, 0.29) is 32.1 Å². The highest BCUT2D eigenvalue weighted by molar-refractivity contribution is 7.47. The third-order valence-electron chi connectivity index (χ3n) is 9.27. The average molecular weight is 784 g/mol. The molecule has 0 aromatic rings. The minimum atomic E-state index is -4.41. The molecule has 3 N–H and O–H groups in total. The number of phosphoric ester groups is 1. The van der Waals surface area contributed by atoms with Gasteiger partial charge in [0.05, 0.1) is 13.2 Å². The van der Waals surface area contributed by atoms with Crippen molar-refractivity contribution in [1.82, 2.24) is 5.32 Å². The number of carbonyl (C=O) groups excluding carboxylic acids is 2. The molecule has 0 heterocycles. The molecule has 0 fully saturated rings. The summed E-state index contributed by atoms with van der Waals surface area (Å²) < 4.78 is 26.8. The third kappa shape index (κ3) is 41.4. The molecule has 2 unspecified atom stereocenters. The molecular weight excluding hydrogens is 701 g/mol. The molecule has 2 atom stereocenters. The molecule has 0 saturated heterocycles. The first-order valence-electron chi connectivity index (χ1n) is 22.0. The van der Waals surface area contributed by atoms with E-state index in [9.17, 15) is 24.2 Å². The summed E-state index contributed by atoms with van der Waals surface area (Å²) in [5.74, 6) is -0.527. The van der Waals surface area contributed by atoms with Crippen molar-refractivity contribution in [2.45, 2.75) is 206 Å². The van der Waals surface area contributed by atoms with E-state index in [2.05, 4.69) is 55.6 Å². The maximum atomic E-state index is 12.1. The highest BCUT2D eigenvalue weighted by Gasteiger charge is 2.23. The van der Waals surface area contributed by atoms with E-state index in [0.717, 1.165) is 70.6 Å². The van der Waals surface area contributed by atoms with E-state index in [1.54, 1.807) is 0 Å². The molecule has 0 aliphatic rings. The van der Waals surface area contributed by atoms with Crippen molar-refractivity contribution in [2.24, 2.45) is 0 Å². The standard InChI is InChI=1S/C44H82NO8P/c1-3-5-7-9-11-13-15-16-17-18-19-20-21-22-23-24-25-26-27-28-30-32-34-36-43(47)45-38-39-52-54(49,50)53-41-42(46)40-51-44(48)37-35-33-31-29-14-12-10-8-6-4-2/h8,10-11,13,16-17,42,46H,3-7,9,12,14-15,18-41H2,1-2H3,(H,45,47)(H,49,50)/b10-8-,13-11-,17-16-. The predicted octanol–water partition coefficient (Wildman–Crippen LogP) is 12.2. The fourth-order valence-electron chi connectivity index (χ4n) is 5.94. The van der Waals surface area contributed by atoms with Gasteiger partial charge in [0.1, 0.15) is 12.7 Å². The summed E-state index contributed by atoms with van der Waals surface area (Å²) in [7, 11) is -4.41. The van der Waals surface area contributed by atoms with Gasteiger partial charge in [0.25, 0.3) is 0 Å². The van der Waals surface area contributed by atoms with Crippen molar-refractivity contribution in [3.05, 3.63) is 36.5 Å². The number of phosphoric acid groups is 1. The van der Waals surface area contributed by atoms with Gasteiger partial charge in [0.15, 0.2) is 0 Å². The first-order chi connectivity index (χ1) is 26.3. The van der Waals surface area contributed by atoms with E-state index in [1.165, 1.54) is 103 Å². The molecule has 0 aliphatic carbocycles. The Hall–Kier alpha value is -1.77. The van der Waals surface area contributed by atoms with Crippen LogP contribution in [-0.2, 0) is 27.9 Å². The number of carbonyl (C=O) groups is 2. The number of ether oxygens (including phenoxy) is 1. The van der Waals surface area contributed by atoms with E-state index >= 15 is 0 Å². The summed E-state index contributed by atoms with van der Waals surface area (Å²) in [4.78, 5) is 33.8. The van der Waals surface area contributed by atoms with Crippen molar-refractivity contribution in [1.29, 1.82) is 0 Å². The molecule has 0 aromatic carbocycles. The maximum Gasteiger partial charge on any atom is 0.472 e. The van der Waals surface area contributed by atoms with Crippen LogP contribution in [0.15, 0.2) is 36.5 Å². The van der Waals surface area contributed by atoms with E-state index in [4.69, 9.17) is 13.8 Å². The first kappa shape index (κ1) is 52.2. The molecule has 9 nitrogen and oxygen atoms in total. The van der Waals surface area contributed by atoms with Crippen LogP contribution in [-0.4, -0.2) is 54.3 Å². The average Bonchev–Trinajstić information content (AvgIpc) is 3.16. The summed E-state index contributed by atoms with van der Waals surface area (Å²) in [6, 6.07) is 0. The SMILES string of the molecule is CCC/C=C\CCCCCCCC(=O)OCC(O)COP(=O)(O)OCCNC(=O)CCCCCCCCCCCCCCC/C=C\C/C=C\CCCCC. The van der Waals surface area contributed by atoms with Crippen LogP contribution >= 0.6 is 7.82 Å². The normalized spacial score (nSPS) is 13.6. The van der Waals surface area contributed by atoms with Crippen LogP contribution in [0.4, 0.5) is 0 Å². The Morgan fingerprint density at radius 1 is 0.574 bits per heavy atom. The van der Waals surface area contributed by atoms with Crippen LogP contribution in [0.5, 0.6) is 0 Å². The number of esters is 1. The second-order valence-corrected chi connectivity index (χ2v) is 16.1. The minimum Gasteiger partial charge on any atom is -0.463 e. The van der Waals surface area contributed by atoms with E-state index < -0.39 is 26.5 Å². The lowest BCUT2D eigenvalue weighted by Crippen LogP contribution is -2.27. The van der Waals surface area contributed by atoms with Crippen LogP contribution in [0.3, 0.4) is 0 Å². The topological polar surface area (TPSA) is 131 Å². The molecule has 0 spiro atoms. The molecule has 0 rings (SSSR count). The quantitative estimate of drug-likeness (QED) is 0.0242. The number of amides is 1. The molecule has 54 heavy (non-hydrogen) atoms. The molecule has 0 radical (unpaired) electrons. The summed E-state index contributed by atoms with van der Waals surface area (Å²) >= 11 is 0. The summed E-state index contributed by atoms with van der Waals surface area (Å²) in [5.41, 5.74) is 0. The molecule has 0 aliphatic heterocycles. The number of aliphatic hydroxyl groups excluding tert-OH is 1. The lowest BCUT2D eigenvalue weighted by atomic mass is 10.0. The van der Waals surface area contributed by atoms with Gasteiger partial charge in [-0.05, 0) is 64.2 Å². The summed E-state index contributed by atoms with van der Waals surface area (Å²) in [5, 5.41) is 12.7. The third-order valence-corrected chi connectivity index (χ3v) is 10.3. The van der Waals surface area contributed by atoms with Gasteiger partial charge < -0.3 is 20.1 Å². The predicted molar refractivity (Wildman–Crippen MR) is 224 cm³/mol. The van der Waals surface area contributed by atoms with Gasteiger partial charge in [-0.15, -0.1) is 0 Å². The number of nitrogens with one attached hydrogen (secondary N) is 1. The van der Waals surface area contributed by atoms with Gasteiger partial charge in [0, 0.05) is 19.4 Å². The monoisotopic (exact) mass is 784 g/mol. The number of rotatable bonds is 41. The molecular formula is C44H82NO8P. The van der Waals surface area contributed by atoms with Gasteiger partial charge in [-0.25, -0.2) is 4.57 Å². The Balaban J connectivity index is 3.54. The molecule has 10 heteroatoms. The van der Waals surface area contributed by atoms with E-state index in [1.807, 2.05) is 0 Å². The lowest BCUT2D eigenvalue weighted by molar-refractivity contribution is -0.147. The number of unbranched alkanes of at least 4 members (excludes halogenated alkanes) is 22. The zero-order chi connectivity index (χ0) is 39.6. The largest absolute Gasteiger partial charge is 0.472 e. The molecule has 316 valence electrons. The lowest BCUT2D eigenvalue weighted by Gasteiger charge is -2.15. The first-order valence-corrected chi connectivity index (χ1v) is 23.5. The molecule has 0 bridgehead atoms. The van der Waals surface area contributed by atoms with Gasteiger partial charge in [-0.1, -0.05) is 159 Å². The fourth-order valence-corrected chi connectivity index (χ4v) is 6.70.